The van der Waals surface area contributed by atoms with Gasteiger partial charge in [0.15, 0.2) is 11.0 Å². The van der Waals surface area contributed by atoms with E-state index < -0.39 is 0 Å². The first-order valence-electron chi connectivity index (χ1n) is 9.27. The van der Waals surface area contributed by atoms with Gasteiger partial charge in [0.2, 0.25) is 5.91 Å². The van der Waals surface area contributed by atoms with Gasteiger partial charge in [-0.25, -0.2) is 0 Å². The number of amides is 1. The molecule has 1 unspecified atom stereocenters. The summed E-state index contributed by atoms with van der Waals surface area (Å²) >= 11 is 3.04. The van der Waals surface area contributed by atoms with E-state index in [2.05, 4.69) is 20.1 Å². The molecule has 0 aliphatic carbocycles. The molecule has 1 saturated heterocycles. The van der Waals surface area contributed by atoms with Crippen molar-refractivity contribution in [1.82, 2.24) is 14.8 Å². The second kappa shape index (κ2) is 8.89. The predicted octanol–water partition coefficient (Wildman–Crippen LogP) is 4.22. The molecule has 4 rings (SSSR count). The van der Waals surface area contributed by atoms with Gasteiger partial charge in [0.25, 0.3) is 0 Å². The number of aromatic nitrogens is 3. The summed E-state index contributed by atoms with van der Waals surface area (Å²) in [5.74, 6) is 1.06. The van der Waals surface area contributed by atoms with Crippen LogP contribution in [0.3, 0.4) is 0 Å². The quantitative estimate of drug-likeness (QED) is 0.586. The van der Waals surface area contributed by atoms with Gasteiger partial charge in [0.05, 0.1) is 23.3 Å². The molecule has 0 spiro atoms. The van der Waals surface area contributed by atoms with Crippen molar-refractivity contribution in [2.75, 3.05) is 17.7 Å². The van der Waals surface area contributed by atoms with Gasteiger partial charge >= 0.3 is 0 Å². The molecule has 0 saturated carbocycles. The van der Waals surface area contributed by atoms with E-state index in [4.69, 9.17) is 4.74 Å². The lowest BCUT2D eigenvalue weighted by Crippen LogP contribution is -2.18. The molecule has 8 heteroatoms. The highest BCUT2D eigenvalue weighted by atomic mass is 32.2. The molecule has 1 amide bonds. The predicted molar refractivity (Wildman–Crippen MR) is 113 cm³/mol. The Balaban J connectivity index is 1.45. The Morgan fingerprint density at radius 1 is 1.32 bits per heavy atom. The number of hydrogen-bond acceptors (Lipinski definition) is 6. The minimum absolute atomic E-state index is 0.0572. The Bertz CT molecular complexity index is 916. The van der Waals surface area contributed by atoms with Crippen LogP contribution in [0.2, 0.25) is 0 Å². The third-order valence-corrected chi connectivity index (χ3v) is 6.37. The summed E-state index contributed by atoms with van der Waals surface area (Å²) in [5, 5.41) is 14.4. The molecule has 0 bridgehead atoms. The Morgan fingerprint density at radius 3 is 2.89 bits per heavy atom. The molecular formula is C20H22N4O2S2. The highest BCUT2D eigenvalue weighted by Crippen LogP contribution is 2.29. The molecule has 1 N–H and O–H groups in total. The molecule has 1 aliphatic rings. The average molecular weight is 415 g/mol. The average Bonchev–Trinajstić information content (AvgIpc) is 3.44. The fourth-order valence-corrected chi connectivity index (χ4v) is 4.57. The summed E-state index contributed by atoms with van der Waals surface area (Å²) in [6.07, 6.45) is 2.30. The van der Waals surface area contributed by atoms with E-state index in [1.165, 1.54) is 11.8 Å². The van der Waals surface area contributed by atoms with Crippen LogP contribution in [0.15, 0.2) is 46.9 Å². The molecule has 146 valence electrons. The number of hydrogen-bond donors (Lipinski definition) is 1. The zero-order valence-electron chi connectivity index (χ0n) is 15.6. The van der Waals surface area contributed by atoms with Crippen LogP contribution in [0.4, 0.5) is 5.69 Å². The van der Waals surface area contributed by atoms with Crippen LogP contribution in [0, 0.1) is 6.92 Å². The van der Waals surface area contributed by atoms with E-state index in [0.29, 0.717) is 6.54 Å². The van der Waals surface area contributed by atoms with Crippen LogP contribution in [0.1, 0.15) is 18.4 Å². The zero-order chi connectivity index (χ0) is 19.3. The zero-order valence-corrected chi connectivity index (χ0v) is 17.3. The first kappa shape index (κ1) is 19.2. The summed E-state index contributed by atoms with van der Waals surface area (Å²) in [4.78, 5) is 13.4. The van der Waals surface area contributed by atoms with Crippen LogP contribution in [-0.4, -0.2) is 39.1 Å². The Labute approximate surface area is 172 Å². The SMILES string of the molecule is Cc1ccc(NC(=O)CSc2nnc(-c3cccs3)n2CC2CCCO2)cc1. The number of rotatable bonds is 7. The molecule has 3 aromatic rings. The van der Waals surface area contributed by atoms with Gasteiger partial charge in [-0.3, -0.25) is 9.36 Å². The van der Waals surface area contributed by atoms with E-state index in [0.717, 1.165) is 46.6 Å². The lowest BCUT2D eigenvalue weighted by molar-refractivity contribution is -0.113. The van der Waals surface area contributed by atoms with Crippen molar-refractivity contribution in [3.8, 4) is 10.7 Å². The van der Waals surface area contributed by atoms with E-state index in [-0.39, 0.29) is 17.8 Å². The summed E-state index contributed by atoms with van der Waals surface area (Å²) in [7, 11) is 0. The molecule has 6 nitrogen and oxygen atoms in total. The van der Waals surface area contributed by atoms with Crippen molar-refractivity contribution in [3.63, 3.8) is 0 Å². The second-order valence-corrected chi connectivity index (χ2v) is 8.62. The fourth-order valence-electron chi connectivity index (χ4n) is 3.10. The highest BCUT2D eigenvalue weighted by Gasteiger charge is 2.22. The number of anilines is 1. The Kier molecular flexibility index (Phi) is 6.09. The molecule has 1 aromatic carbocycles. The summed E-state index contributed by atoms with van der Waals surface area (Å²) in [6.45, 7) is 3.54. The first-order valence-corrected chi connectivity index (χ1v) is 11.1. The fraction of sp³-hybridized carbons (Fsp3) is 0.350. The lowest BCUT2D eigenvalue weighted by Gasteiger charge is -2.14. The van der Waals surface area contributed by atoms with Crippen LogP contribution in [0.5, 0.6) is 0 Å². The third kappa shape index (κ3) is 4.63. The summed E-state index contributed by atoms with van der Waals surface area (Å²) < 4.78 is 7.90. The van der Waals surface area contributed by atoms with E-state index in [1.807, 2.05) is 48.7 Å². The first-order chi connectivity index (χ1) is 13.7. The van der Waals surface area contributed by atoms with Crippen molar-refractivity contribution in [3.05, 3.63) is 47.3 Å². The number of carbonyl (C=O) groups excluding carboxylic acids is 1. The topological polar surface area (TPSA) is 69.0 Å². The maximum absolute atomic E-state index is 12.3. The van der Waals surface area contributed by atoms with Crippen molar-refractivity contribution in [1.29, 1.82) is 0 Å². The van der Waals surface area contributed by atoms with E-state index in [1.54, 1.807) is 11.3 Å². The number of thioether (sulfide) groups is 1. The van der Waals surface area contributed by atoms with Crippen LogP contribution >= 0.6 is 23.1 Å². The van der Waals surface area contributed by atoms with Gasteiger partial charge in [-0.2, -0.15) is 0 Å². The lowest BCUT2D eigenvalue weighted by atomic mass is 10.2. The van der Waals surface area contributed by atoms with Crippen LogP contribution < -0.4 is 5.32 Å². The normalized spacial score (nSPS) is 16.4. The number of nitrogens with zero attached hydrogens (tertiary/aromatic N) is 3. The molecule has 28 heavy (non-hydrogen) atoms. The van der Waals surface area contributed by atoms with Crippen molar-refractivity contribution in [2.24, 2.45) is 0 Å². The number of aryl methyl sites for hydroxylation is 1. The maximum atomic E-state index is 12.3. The van der Waals surface area contributed by atoms with Crippen molar-refractivity contribution >= 4 is 34.7 Å². The van der Waals surface area contributed by atoms with Gasteiger partial charge < -0.3 is 10.1 Å². The molecule has 3 heterocycles. The number of ether oxygens (including phenoxy) is 1. The van der Waals surface area contributed by atoms with Crippen LogP contribution in [-0.2, 0) is 16.1 Å². The number of carbonyl (C=O) groups is 1. The third-order valence-electron chi connectivity index (χ3n) is 4.54. The minimum Gasteiger partial charge on any atom is -0.376 e. The number of benzene rings is 1. The molecule has 0 radical (unpaired) electrons. The largest absolute Gasteiger partial charge is 0.376 e. The van der Waals surface area contributed by atoms with Gasteiger partial charge in [-0.15, -0.1) is 21.5 Å². The molecule has 2 aromatic heterocycles. The van der Waals surface area contributed by atoms with Crippen LogP contribution in [0.25, 0.3) is 10.7 Å². The molecule has 1 aliphatic heterocycles. The van der Waals surface area contributed by atoms with Crippen molar-refractivity contribution in [2.45, 2.75) is 37.6 Å². The monoisotopic (exact) mass is 414 g/mol. The van der Waals surface area contributed by atoms with Gasteiger partial charge in [0, 0.05) is 12.3 Å². The number of nitrogens with one attached hydrogen (secondary N) is 1. The minimum atomic E-state index is -0.0572. The second-order valence-electron chi connectivity index (χ2n) is 6.73. The van der Waals surface area contributed by atoms with Gasteiger partial charge in [-0.05, 0) is 43.3 Å². The summed E-state index contributed by atoms with van der Waals surface area (Å²) in [5.41, 5.74) is 1.96. The molecule has 1 atom stereocenters. The summed E-state index contributed by atoms with van der Waals surface area (Å²) in [6, 6.07) is 11.8. The Hall–Kier alpha value is -2.16. The molecule has 1 fully saturated rings. The van der Waals surface area contributed by atoms with E-state index in [9.17, 15) is 4.79 Å². The molecular weight excluding hydrogens is 392 g/mol. The smallest absolute Gasteiger partial charge is 0.234 e. The van der Waals surface area contributed by atoms with Gasteiger partial charge in [-0.1, -0.05) is 35.5 Å². The maximum Gasteiger partial charge on any atom is 0.234 e. The highest BCUT2D eigenvalue weighted by molar-refractivity contribution is 7.99. The van der Waals surface area contributed by atoms with Gasteiger partial charge in [0.1, 0.15) is 0 Å². The number of thiophene rings is 1. The van der Waals surface area contributed by atoms with E-state index >= 15 is 0 Å². The Morgan fingerprint density at radius 2 is 2.18 bits per heavy atom. The van der Waals surface area contributed by atoms with Crippen molar-refractivity contribution < 1.29 is 9.53 Å². The standard InChI is InChI=1S/C20H22N4O2S2/c1-14-6-8-15(9-7-14)21-18(25)13-28-20-23-22-19(17-5-3-11-27-17)24(20)12-16-4-2-10-26-16/h3,5-9,11,16H,2,4,10,12-13H2,1H3,(H,21,25).